The van der Waals surface area contributed by atoms with Gasteiger partial charge in [0.2, 0.25) is 12.2 Å². The summed E-state index contributed by atoms with van der Waals surface area (Å²) in [6.07, 6.45) is 4.81. The smallest absolute Gasteiger partial charge is 0.407 e. The zero-order valence-electron chi connectivity index (χ0n) is 65.5. The molecular formula is C86H128N2O15. The standard InChI is InChI=1S/C86H128N2O15/c1-18-94-73-72(101-75-57(5)70(96-51-61-35-27-21-28-36-61)65(53-97-75)95-50-60-33-25-20-26-34-60)58(6)98-77(74(73)92-17)100-71-56(4)69(88-68(89)37-29-22-30-46-87-79(91)103-80(7,8)9)64(52-93-49-59-31-23-19-24-32-59)99-76(71)102-78(90)86-45-44-81(10,11)48-63(86)62-38-39-67-83(14)42-40-54(2)82(12,13)66(83)41-43-84(67,15)85(62,16)47-55(86)3/h19-21,23-28,31-36,38,54-58,63-67,69-77H,18,22,29-30,37,39-53H2,1-17H3,(H,87,91)(H,88,89)/t54-,55-,56?,57?,58+,63?,64-,65?,66-,67?,69?,70?,71?,72?,73?,74?,75-,76-,77-,83?,84-,85+,86?/m0/s1. The van der Waals surface area contributed by atoms with Crippen molar-refractivity contribution in [3.63, 3.8) is 0 Å². The third-order valence-corrected chi connectivity index (χ3v) is 27.0. The van der Waals surface area contributed by atoms with Gasteiger partial charge in [0.25, 0.3) is 0 Å². The first-order valence-corrected chi connectivity index (χ1v) is 39.4. The van der Waals surface area contributed by atoms with Crippen LogP contribution in [0, 0.1) is 73.9 Å². The van der Waals surface area contributed by atoms with E-state index in [2.05, 4.69) is 98.1 Å². The van der Waals surface area contributed by atoms with Gasteiger partial charge in [0.1, 0.15) is 42.2 Å². The highest BCUT2D eigenvalue weighted by Crippen LogP contribution is 2.77. The largest absolute Gasteiger partial charge is 0.444 e. The minimum Gasteiger partial charge on any atom is -0.444 e. The average Bonchev–Trinajstić information content (AvgIpc) is 0.670. The minimum absolute atomic E-state index is 0.0233. The molecule has 2 amide bonds. The van der Waals surface area contributed by atoms with Crippen molar-refractivity contribution >= 4 is 18.0 Å². The molecule has 17 heteroatoms. The van der Waals surface area contributed by atoms with Crippen molar-refractivity contribution in [1.82, 2.24) is 10.6 Å². The van der Waals surface area contributed by atoms with E-state index in [9.17, 15) is 9.59 Å². The van der Waals surface area contributed by atoms with Crippen molar-refractivity contribution in [2.75, 3.05) is 33.5 Å². The molecule has 3 heterocycles. The predicted octanol–water partition coefficient (Wildman–Crippen LogP) is 16.5. The average molecular weight is 1430 g/mol. The van der Waals surface area contributed by atoms with E-state index in [-0.39, 0.29) is 76.3 Å². The van der Waals surface area contributed by atoms with Gasteiger partial charge in [0.05, 0.1) is 56.7 Å². The molecule has 103 heavy (non-hydrogen) atoms. The van der Waals surface area contributed by atoms with E-state index in [1.165, 1.54) is 31.3 Å². The Labute approximate surface area is 617 Å². The van der Waals surface area contributed by atoms with Crippen LogP contribution in [0.3, 0.4) is 0 Å². The number of fused-ring (bicyclic) bond motifs is 7. The first kappa shape index (κ1) is 79.3. The maximum absolute atomic E-state index is 16.7. The SMILES string of the molecule is CCOC1C(OC)[C@H](OC2C(C)C(NC(=O)CCCCCNC(=O)OC(C)(C)C)[C@H](COCc3ccccc3)O[C@H]2OC(=O)C23CCC(C)(C)CC2C2=CCC4C5(C)CC[C@H](C)C(C)(C)[C@@H]5CC[C@]4(C)[C@]2(C)C[C@@H]3C)O[C@H](C)C1O[C@@H]1OCC(OCc2ccccc2)C(OCc2ccccc2)C1C. The summed E-state index contributed by atoms with van der Waals surface area (Å²) in [4.78, 5) is 43.7. The van der Waals surface area contributed by atoms with Crippen molar-refractivity contribution in [3.8, 4) is 0 Å². The fourth-order valence-electron chi connectivity index (χ4n) is 20.8. The summed E-state index contributed by atoms with van der Waals surface area (Å²) in [5, 5.41) is 6.24. The third kappa shape index (κ3) is 16.9. The van der Waals surface area contributed by atoms with Crippen LogP contribution in [0.15, 0.2) is 103 Å². The number of esters is 1. The highest BCUT2D eigenvalue weighted by molar-refractivity contribution is 5.79. The molecule has 7 fully saturated rings. The molecule has 0 aromatic heterocycles. The molecule has 4 saturated carbocycles. The Morgan fingerprint density at radius 1 is 0.631 bits per heavy atom. The fourth-order valence-corrected chi connectivity index (χ4v) is 20.8. The second-order valence-electron chi connectivity index (χ2n) is 35.5. The zero-order chi connectivity index (χ0) is 73.9. The van der Waals surface area contributed by atoms with Gasteiger partial charge < -0.3 is 67.5 Å². The molecule has 3 aromatic carbocycles. The lowest BCUT2D eigenvalue weighted by Gasteiger charge is -2.72. The lowest BCUT2D eigenvalue weighted by molar-refractivity contribution is -0.370. The molecular weight excluding hydrogens is 1300 g/mol. The lowest BCUT2D eigenvalue weighted by atomic mass is 9.32. The third-order valence-electron chi connectivity index (χ3n) is 27.0. The van der Waals surface area contributed by atoms with E-state index < -0.39 is 96.8 Å². The second kappa shape index (κ2) is 33.0. The maximum Gasteiger partial charge on any atom is 0.407 e. The summed E-state index contributed by atoms with van der Waals surface area (Å²) in [6.45, 7) is 38.2. The number of amides is 2. The van der Waals surface area contributed by atoms with Gasteiger partial charge in [-0.25, -0.2) is 4.79 Å². The topological polar surface area (TPSA) is 186 Å². The fraction of sp³-hybridized carbons (Fsp3) is 0.733. The van der Waals surface area contributed by atoms with Crippen molar-refractivity contribution in [1.29, 1.82) is 0 Å². The van der Waals surface area contributed by atoms with E-state index in [0.717, 1.165) is 42.4 Å². The van der Waals surface area contributed by atoms with Gasteiger partial charge >= 0.3 is 12.1 Å². The summed E-state index contributed by atoms with van der Waals surface area (Å²) in [6, 6.07) is 29.5. The summed E-state index contributed by atoms with van der Waals surface area (Å²) in [7, 11) is 1.62. The van der Waals surface area contributed by atoms with E-state index in [0.29, 0.717) is 76.4 Å². The number of rotatable bonds is 26. The summed E-state index contributed by atoms with van der Waals surface area (Å²) in [5.41, 5.74) is 3.42. The number of carbonyl (C=O) groups is 3. The van der Waals surface area contributed by atoms with Gasteiger partial charge in [-0.3, -0.25) is 9.59 Å². The van der Waals surface area contributed by atoms with Gasteiger partial charge in [-0.05, 0) is 179 Å². The Hall–Kier alpha value is -4.79. The highest BCUT2D eigenvalue weighted by Gasteiger charge is 2.71. The van der Waals surface area contributed by atoms with Gasteiger partial charge in [0.15, 0.2) is 12.6 Å². The number of carbonyl (C=O) groups excluding carboxylic acids is 3. The summed E-state index contributed by atoms with van der Waals surface area (Å²) >= 11 is 0. The van der Waals surface area contributed by atoms with Crippen LogP contribution in [-0.2, 0) is 86.3 Å². The maximum atomic E-state index is 16.7. The number of allylic oxidation sites excluding steroid dienone is 2. The molecule has 3 aliphatic heterocycles. The molecule has 0 radical (unpaired) electrons. The molecule has 3 saturated heterocycles. The van der Waals surface area contributed by atoms with Crippen molar-refractivity contribution in [2.45, 2.75) is 293 Å². The summed E-state index contributed by atoms with van der Waals surface area (Å²) < 4.78 is 81.7. The van der Waals surface area contributed by atoms with Crippen LogP contribution in [0.4, 0.5) is 4.79 Å². The number of alkyl carbamates (subject to hydrolysis) is 1. The molecule has 8 aliphatic rings. The predicted molar refractivity (Wildman–Crippen MR) is 397 cm³/mol. The van der Waals surface area contributed by atoms with Crippen LogP contribution in [-0.4, -0.2) is 131 Å². The van der Waals surface area contributed by atoms with Crippen LogP contribution >= 0.6 is 0 Å². The number of ether oxygens (including phenoxy) is 12. The molecule has 11 rings (SSSR count). The van der Waals surface area contributed by atoms with E-state index >= 15 is 4.79 Å². The van der Waals surface area contributed by atoms with Crippen molar-refractivity contribution in [2.24, 2.45) is 73.9 Å². The molecule has 2 N–H and O–H groups in total. The Morgan fingerprint density at radius 3 is 1.93 bits per heavy atom. The lowest BCUT2D eigenvalue weighted by Crippen LogP contribution is -2.67. The van der Waals surface area contributed by atoms with Gasteiger partial charge in [-0.1, -0.05) is 185 Å². The normalized spacial score (nSPS) is 38.3. The van der Waals surface area contributed by atoms with Crippen LogP contribution < -0.4 is 10.6 Å². The van der Waals surface area contributed by atoms with E-state index in [1.54, 1.807) is 7.11 Å². The number of hydrogen-bond donors (Lipinski definition) is 2. The number of benzene rings is 3. The number of unbranched alkanes of at least 4 members (excludes halogenated alkanes) is 2. The number of hydrogen-bond acceptors (Lipinski definition) is 15. The molecule has 3 aromatic rings. The van der Waals surface area contributed by atoms with E-state index in [4.69, 9.17) is 56.8 Å². The Balaban J connectivity index is 0.894. The molecule has 17 nitrogen and oxygen atoms in total. The number of methoxy groups -OCH3 is 1. The first-order chi connectivity index (χ1) is 49.0. The minimum atomic E-state index is -1.28. The first-order valence-electron chi connectivity index (χ1n) is 39.4. The van der Waals surface area contributed by atoms with Crippen LogP contribution in [0.5, 0.6) is 0 Å². The Bertz CT molecular complexity index is 3290. The van der Waals surface area contributed by atoms with Crippen LogP contribution in [0.2, 0.25) is 0 Å². The van der Waals surface area contributed by atoms with Crippen LogP contribution in [0.25, 0.3) is 0 Å². The molecule has 23 atom stereocenters. The van der Waals surface area contributed by atoms with Crippen LogP contribution in [0.1, 0.15) is 211 Å². The number of nitrogens with one attached hydrogen (secondary N) is 2. The van der Waals surface area contributed by atoms with Gasteiger partial charge in [-0.2, -0.15) is 0 Å². The molecule has 572 valence electrons. The quantitative estimate of drug-likeness (QED) is 0.0439. The summed E-state index contributed by atoms with van der Waals surface area (Å²) in [5.74, 6) is 0.461. The van der Waals surface area contributed by atoms with Gasteiger partial charge in [0, 0.05) is 38.5 Å². The highest BCUT2D eigenvalue weighted by atomic mass is 16.8. The molecule has 0 spiro atoms. The Morgan fingerprint density at radius 2 is 1.28 bits per heavy atom. The second-order valence-corrected chi connectivity index (χ2v) is 35.5. The van der Waals surface area contributed by atoms with Crippen molar-refractivity contribution in [3.05, 3.63) is 119 Å². The molecule has 5 aliphatic carbocycles. The molecule has 0 bridgehead atoms. The monoisotopic (exact) mass is 1430 g/mol. The zero-order valence-corrected chi connectivity index (χ0v) is 65.5. The van der Waals surface area contributed by atoms with Gasteiger partial charge in [-0.15, -0.1) is 0 Å². The van der Waals surface area contributed by atoms with E-state index in [1.807, 2.05) is 120 Å². The Kier molecular flexibility index (Phi) is 25.4. The molecule has 13 unspecified atom stereocenters. The van der Waals surface area contributed by atoms with Crippen molar-refractivity contribution < 1.29 is 71.2 Å².